The molecular weight excluding hydrogens is 360 g/mol. The molecule has 0 fully saturated rings. The van der Waals surface area contributed by atoms with Crippen LogP contribution in [0.2, 0.25) is 5.02 Å². The van der Waals surface area contributed by atoms with Crippen LogP contribution >= 0.6 is 22.9 Å². The molecule has 128 valence electrons. The third-order valence-corrected chi connectivity index (χ3v) is 4.85. The molecule has 1 aromatic carbocycles. The minimum atomic E-state index is -0.389. The first kappa shape index (κ1) is 17.3. The van der Waals surface area contributed by atoms with Crippen molar-refractivity contribution < 1.29 is 14.3 Å². The van der Waals surface area contributed by atoms with E-state index in [1.165, 1.54) is 24.5 Å². The van der Waals surface area contributed by atoms with Crippen molar-refractivity contribution in [1.82, 2.24) is 4.90 Å². The summed E-state index contributed by atoms with van der Waals surface area (Å²) in [6.45, 7) is 3.76. The molecule has 2 heterocycles. The van der Waals surface area contributed by atoms with Gasteiger partial charge in [-0.25, -0.2) is 0 Å². The molecule has 25 heavy (non-hydrogen) atoms. The zero-order valence-electron chi connectivity index (χ0n) is 13.4. The number of anilines is 1. The molecule has 3 rings (SSSR count). The molecule has 1 N–H and O–H groups in total. The van der Waals surface area contributed by atoms with Crippen LogP contribution in [0.25, 0.3) is 5.57 Å². The van der Waals surface area contributed by atoms with Crippen LogP contribution in [0.1, 0.15) is 4.88 Å². The highest BCUT2D eigenvalue weighted by Crippen LogP contribution is 2.34. The lowest BCUT2D eigenvalue weighted by Gasteiger charge is -2.13. The van der Waals surface area contributed by atoms with Crippen LogP contribution in [-0.4, -0.2) is 30.4 Å². The summed E-state index contributed by atoms with van der Waals surface area (Å²) in [6, 6.07) is 8.72. The van der Waals surface area contributed by atoms with E-state index in [9.17, 15) is 9.59 Å². The molecule has 0 atom stereocenters. The predicted molar refractivity (Wildman–Crippen MR) is 99.8 cm³/mol. The van der Waals surface area contributed by atoms with E-state index in [2.05, 4.69) is 11.9 Å². The summed E-state index contributed by atoms with van der Waals surface area (Å²) in [7, 11) is 1.53. The molecule has 0 bridgehead atoms. The Bertz CT molecular complexity index is 874. The maximum atomic E-state index is 12.7. The Labute approximate surface area is 154 Å². The maximum absolute atomic E-state index is 12.7. The van der Waals surface area contributed by atoms with Gasteiger partial charge < -0.3 is 10.1 Å². The van der Waals surface area contributed by atoms with Crippen molar-refractivity contribution in [1.29, 1.82) is 0 Å². The number of amides is 2. The maximum Gasteiger partial charge on any atom is 0.278 e. The summed E-state index contributed by atoms with van der Waals surface area (Å²) in [5, 5.41) is 5.31. The van der Waals surface area contributed by atoms with Gasteiger partial charge in [-0.1, -0.05) is 23.7 Å². The fraction of sp³-hybridized carbons (Fsp3) is 0.111. The molecule has 2 amide bonds. The Kier molecular flexibility index (Phi) is 4.92. The quantitative estimate of drug-likeness (QED) is 0.617. The summed E-state index contributed by atoms with van der Waals surface area (Å²) in [5.74, 6) is -0.198. The van der Waals surface area contributed by atoms with Crippen molar-refractivity contribution in [3.8, 4) is 5.75 Å². The first-order valence-electron chi connectivity index (χ1n) is 7.42. The number of halogens is 1. The van der Waals surface area contributed by atoms with Gasteiger partial charge >= 0.3 is 0 Å². The van der Waals surface area contributed by atoms with E-state index in [0.717, 1.165) is 9.78 Å². The molecule has 0 saturated carbocycles. The van der Waals surface area contributed by atoms with Crippen molar-refractivity contribution in [3.63, 3.8) is 0 Å². The van der Waals surface area contributed by atoms with Gasteiger partial charge in [0.05, 0.1) is 17.7 Å². The molecule has 1 aromatic heterocycles. The highest BCUT2D eigenvalue weighted by molar-refractivity contribution is 7.11. The SMILES string of the molecule is C=CCN1C(=O)C(Nc2ccc(OC)c(Cl)c2)=C(c2cccs2)C1=O. The highest BCUT2D eigenvalue weighted by atomic mass is 35.5. The Morgan fingerprint density at radius 2 is 2.12 bits per heavy atom. The van der Waals surface area contributed by atoms with E-state index < -0.39 is 0 Å². The average molecular weight is 375 g/mol. The minimum absolute atomic E-state index is 0.154. The number of carbonyl (C=O) groups is 2. The van der Waals surface area contributed by atoms with Gasteiger partial charge in [0, 0.05) is 17.1 Å². The second kappa shape index (κ2) is 7.13. The van der Waals surface area contributed by atoms with Crippen LogP contribution in [0.3, 0.4) is 0 Å². The number of hydrogen-bond acceptors (Lipinski definition) is 5. The molecule has 0 aliphatic carbocycles. The van der Waals surface area contributed by atoms with Crippen LogP contribution in [-0.2, 0) is 9.59 Å². The number of nitrogens with zero attached hydrogens (tertiary/aromatic N) is 1. The van der Waals surface area contributed by atoms with Crippen LogP contribution in [0.5, 0.6) is 5.75 Å². The largest absolute Gasteiger partial charge is 0.495 e. The van der Waals surface area contributed by atoms with Crippen LogP contribution in [0.15, 0.2) is 54.1 Å². The average Bonchev–Trinajstić information content (AvgIpc) is 3.19. The van der Waals surface area contributed by atoms with Crippen molar-refractivity contribution in [2.75, 3.05) is 19.0 Å². The number of nitrogens with one attached hydrogen (secondary N) is 1. The van der Waals surface area contributed by atoms with E-state index >= 15 is 0 Å². The number of thiophene rings is 1. The van der Waals surface area contributed by atoms with Gasteiger partial charge in [-0.2, -0.15) is 0 Å². The lowest BCUT2D eigenvalue weighted by molar-refractivity contribution is -0.136. The number of ether oxygens (including phenoxy) is 1. The van der Waals surface area contributed by atoms with E-state index in [0.29, 0.717) is 22.0 Å². The normalized spacial score (nSPS) is 14.2. The summed E-state index contributed by atoms with van der Waals surface area (Å²) < 4.78 is 5.13. The summed E-state index contributed by atoms with van der Waals surface area (Å²) in [4.78, 5) is 27.3. The molecule has 0 unspecified atom stereocenters. The number of methoxy groups -OCH3 is 1. The number of imide groups is 1. The Balaban J connectivity index is 2.03. The minimum Gasteiger partial charge on any atom is -0.495 e. The number of rotatable bonds is 6. The van der Waals surface area contributed by atoms with E-state index in [1.807, 2.05) is 17.5 Å². The number of carbonyl (C=O) groups excluding carboxylic acids is 2. The van der Waals surface area contributed by atoms with Crippen molar-refractivity contribution in [2.45, 2.75) is 0 Å². The molecule has 0 spiro atoms. The van der Waals surface area contributed by atoms with Gasteiger partial charge in [0.1, 0.15) is 11.4 Å². The standard InChI is InChI=1S/C18H15ClN2O3S/c1-3-8-21-17(22)15(14-5-4-9-25-14)16(18(21)23)20-11-6-7-13(24-2)12(19)10-11/h3-7,9-10,20H,1,8H2,2H3. The Hall–Kier alpha value is -2.57. The first-order chi connectivity index (χ1) is 12.1. The number of hydrogen-bond donors (Lipinski definition) is 1. The van der Waals surface area contributed by atoms with E-state index in [1.54, 1.807) is 18.2 Å². The topological polar surface area (TPSA) is 58.6 Å². The molecule has 5 nitrogen and oxygen atoms in total. The molecule has 1 aliphatic heterocycles. The summed E-state index contributed by atoms with van der Waals surface area (Å²) in [5.41, 5.74) is 1.18. The third kappa shape index (κ3) is 3.18. The molecule has 2 aromatic rings. The Morgan fingerprint density at radius 3 is 2.72 bits per heavy atom. The van der Waals surface area contributed by atoms with E-state index in [-0.39, 0.29) is 24.1 Å². The zero-order chi connectivity index (χ0) is 18.0. The second-order valence-electron chi connectivity index (χ2n) is 5.21. The lowest BCUT2D eigenvalue weighted by Crippen LogP contribution is -2.32. The van der Waals surface area contributed by atoms with Gasteiger partial charge in [-0.05, 0) is 29.6 Å². The van der Waals surface area contributed by atoms with Crippen molar-refractivity contribution >= 4 is 46.0 Å². The zero-order valence-corrected chi connectivity index (χ0v) is 15.0. The van der Waals surface area contributed by atoms with Crippen molar-refractivity contribution in [2.24, 2.45) is 0 Å². The van der Waals surface area contributed by atoms with Crippen molar-refractivity contribution in [3.05, 3.63) is 64.0 Å². The monoisotopic (exact) mass is 374 g/mol. The van der Waals surface area contributed by atoms with Gasteiger partial charge in [0.15, 0.2) is 0 Å². The highest BCUT2D eigenvalue weighted by Gasteiger charge is 2.39. The fourth-order valence-corrected chi connectivity index (χ4v) is 3.55. The van der Waals surface area contributed by atoms with Gasteiger partial charge in [0.25, 0.3) is 11.8 Å². The lowest BCUT2D eigenvalue weighted by atomic mass is 10.2. The van der Waals surface area contributed by atoms with E-state index in [4.69, 9.17) is 16.3 Å². The molecule has 0 saturated heterocycles. The smallest absolute Gasteiger partial charge is 0.278 e. The molecule has 7 heteroatoms. The third-order valence-electron chi connectivity index (χ3n) is 3.67. The fourth-order valence-electron chi connectivity index (χ4n) is 2.52. The summed E-state index contributed by atoms with van der Waals surface area (Å²) in [6.07, 6.45) is 1.52. The van der Waals surface area contributed by atoms with Gasteiger partial charge in [-0.3, -0.25) is 14.5 Å². The molecule has 1 aliphatic rings. The molecular formula is C18H15ClN2O3S. The summed E-state index contributed by atoms with van der Waals surface area (Å²) >= 11 is 7.54. The first-order valence-corrected chi connectivity index (χ1v) is 8.68. The van der Waals surface area contributed by atoms with Gasteiger partial charge in [0.2, 0.25) is 0 Å². The Morgan fingerprint density at radius 1 is 1.32 bits per heavy atom. The van der Waals surface area contributed by atoms with Gasteiger partial charge in [-0.15, -0.1) is 17.9 Å². The number of benzene rings is 1. The predicted octanol–water partition coefficient (Wildman–Crippen LogP) is 3.79. The molecule has 0 radical (unpaired) electrons. The second-order valence-corrected chi connectivity index (χ2v) is 6.57. The van der Waals surface area contributed by atoms with Crippen LogP contribution < -0.4 is 10.1 Å². The van der Waals surface area contributed by atoms with Crippen LogP contribution in [0.4, 0.5) is 5.69 Å². The van der Waals surface area contributed by atoms with Crippen LogP contribution in [0, 0.1) is 0 Å².